The molecule has 1 unspecified atom stereocenters. The molecule has 0 aliphatic heterocycles. The van der Waals surface area contributed by atoms with Gasteiger partial charge in [0.15, 0.2) is 0 Å². The highest BCUT2D eigenvalue weighted by Crippen LogP contribution is 2.19. The van der Waals surface area contributed by atoms with E-state index in [2.05, 4.69) is 67.2 Å². The van der Waals surface area contributed by atoms with Crippen LogP contribution >= 0.6 is 11.3 Å². The van der Waals surface area contributed by atoms with Gasteiger partial charge in [-0.05, 0) is 46.4 Å². The average Bonchev–Trinajstić information content (AvgIpc) is 2.89. The molecule has 0 aliphatic rings. The van der Waals surface area contributed by atoms with E-state index in [1.807, 2.05) is 0 Å². The van der Waals surface area contributed by atoms with Gasteiger partial charge in [-0.2, -0.15) is 11.3 Å². The highest BCUT2D eigenvalue weighted by atomic mass is 32.1. The molecule has 1 N–H and O–H groups in total. The first-order valence-corrected chi connectivity index (χ1v) is 7.45. The van der Waals surface area contributed by atoms with Gasteiger partial charge < -0.3 is 5.32 Å². The normalized spacial score (nSPS) is 12.9. The first-order chi connectivity index (χ1) is 8.66. The van der Waals surface area contributed by atoms with E-state index in [4.69, 9.17) is 0 Å². The Kier molecular flexibility index (Phi) is 4.56. The summed E-state index contributed by atoms with van der Waals surface area (Å²) in [5.74, 6) is 0.605. The maximum absolute atomic E-state index is 3.56. The van der Waals surface area contributed by atoms with Gasteiger partial charge in [0, 0.05) is 12.6 Å². The summed E-state index contributed by atoms with van der Waals surface area (Å²) in [7, 11) is 0. The summed E-state index contributed by atoms with van der Waals surface area (Å²) in [6.45, 7) is 7.62. The molecule has 0 spiro atoms. The van der Waals surface area contributed by atoms with E-state index in [1.54, 1.807) is 11.3 Å². The van der Waals surface area contributed by atoms with Gasteiger partial charge in [-0.3, -0.25) is 0 Å². The first kappa shape index (κ1) is 13.3. The smallest absolute Gasteiger partial charge is 0.0294 e. The third kappa shape index (κ3) is 3.44. The lowest BCUT2D eigenvalue weighted by Crippen LogP contribution is -2.17. The molecule has 0 amide bonds. The molecule has 0 radical (unpaired) electrons. The second-order valence-corrected chi connectivity index (χ2v) is 5.84. The lowest BCUT2D eigenvalue weighted by molar-refractivity contribution is 0.575. The third-order valence-electron chi connectivity index (χ3n) is 3.30. The van der Waals surface area contributed by atoms with Crippen molar-refractivity contribution in [3.8, 4) is 0 Å². The lowest BCUT2D eigenvalue weighted by atomic mass is 9.99. The van der Waals surface area contributed by atoms with Gasteiger partial charge in [0.2, 0.25) is 0 Å². The van der Waals surface area contributed by atoms with E-state index < -0.39 is 0 Å². The minimum atomic E-state index is 0.395. The maximum atomic E-state index is 3.56. The maximum Gasteiger partial charge on any atom is 0.0294 e. The molecule has 2 aromatic rings. The van der Waals surface area contributed by atoms with Crippen LogP contribution in [-0.2, 0) is 6.54 Å². The van der Waals surface area contributed by atoms with E-state index in [1.165, 1.54) is 16.7 Å². The molecule has 0 bridgehead atoms. The van der Waals surface area contributed by atoms with Crippen molar-refractivity contribution in [3.05, 3.63) is 57.8 Å². The van der Waals surface area contributed by atoms with Crippen molar-refractivity contribution in [2.45, 2.75) is 39.3 Å². The average molecular weight is 259 g/mol. The summed E-state index contributed by atoms with van der Waals surface area (Å²) in [6.07, 6.45) is 0. The zero-order valence-electron chi connectivity index (χ0n) is 11.3. The van der Waals surface area contributed by atoms with Crippen molar-refractivity contribution in [3.63, 3.8) is 0 Å². The first-order valence-electron chi connectivity index (χ1n) is 6.51. The molecule has 0 aliphatic carbocycles. The number of hydrogen-bond acceptors (Lipinski definition) is 2. The van der Waals surface area contributed by atoms with Crippen molar-refractivity contribution in [2.24, 2.45) is 0 Å². The number of hydrogen-bond donors (Lipinski definition) is 1. The molecule has 1 aromatic carbocycles. The van der Waals surface area contributed by atoms with Crippen LogP contribution < -0.4 is 5.32 Å². The number of thiophene rings is 1. The Morgan fingerprint density at radius 1 is 1.00 bits per heavy atom. The Hall–Kier alpha value is -1.12. The second-order valence-electron chi connectivity index (χ2n) is 5.06. The van der Waals surface area contributed by atoms with Crippen LogP contribution in [0.15, 0.2) is 41.1 Å². The Bertz CT molecular complexity index is 456. The summed E-state index contributed by atoms with van der Waals surface area (Å²) >= 11 is 1.75. The topological polar surface area (TPSA) is 12.0 Å². The second kappa shape index (κ2) is 6.17. The predicted octanol–water partition coefficient (Wildman–Crippen LogP) is 4.72. The molecule has 2 rings (SSSR count). The van der Waals surface area contributed by atoms with Crippen LogP contribution in [0.1, 0.15) is 49.4 Å². The Morgan fingerprint density at radius 3 is 2.22 bits per heavy atom. The molecule has 0 fully saturated rings. The quantitative estimate of drug-likeness (QED) is 0.819. The third-order valence-corrected chi connectivity index (χ3v) is 4.03. The Balaban J connectivity index is 1.94. The lowest BCUT2D eigenvalue weighted by Gasteiger charge is -2.15. The van der Waals surface area contributed by atoms with Crippen LogP contribution in [0.2, 0.25) is 0 Å². The van der Waals surface area contributed by atoms with E-state index >= 15 is 0 Å². The van der Waals surface area contributed by atoms with Crippen LogP contribution in [0, 0.1) is 0 Å². The van der Waals surface area contributed by atoms with Gasteiger partial charge in [0.05, 0.1) is 0 Å². The molecule has 0 saturated carbocycles. The minimum Gasteiger partial charge on any atom is -0.306 e. The fourth-order valence-corrected chi connectivity index (χ4v) is 2.62. The predicted molar refractivity (Wildman–Crippen MR) is 80.1 cm³/mol. The molecular weight excluding hydrogens is 238 g/mol. The number of nitrogens with one attached hydrogen (secondary N) is 1. The van der Waals surface area contributed by atoms with Gasteiger partial charge in [-0.1, -0.05) is 38.1 Å². The van der Waals surface area contributed by atoms with Gasteiger partial charge >= 0.3 is 0 Å². The van der Waals surface area contributed by atoms with E-state index in [0.29, 0.717) is 12.0 Å². The Labute approximate surface area is 114 Å². The van der Waals surface area contributed by atoms with E-state index in [0.717, 1.165) is 6.54 Å². The molecule has 1 heterocycles. The van der Waals surface area contributed by atoms with Gasteiger partial charge in [-0.15, -0.1) is 0 Å². The summed E-state index contributed by atoms with van der Waals surface area (Å²) in [5.41, 5.74) is 4.13. The molecule has 2 heteroatoms. The fourth-order valence-electron chi connectivity index (χ4n) is 1.95. The van der Waals surface area contributed by atoms with Crippen molar-refractivity contribution in [1.82, 2.24) is 5.32 Å². The standard InChI is InChI=1S/C16H21NS/c1-12(2)15-4-6-16(7-5-15)13(3)17-10-14-8-9-18-11-14/h4-9,11-13,17H,10H2,1-3H3. The van der Waals surface area contributed by atoms with Gasteiger partial charge in [0.1, 0.15) is 0 Å². The zero-order chi connectivity index (χ0) is 13.0. The largest absolute Gasteiger partial charge is 0.306 e. The van der Waals surface area contributed by atoms with Crippen LogP contribution in [0.25, 0.3) is 0 Å². The molecule has 0 saturated heterocycles. The monoisotopic (exact) mass is 259 g/mol. The SMILES string of the molecule is CC(C)c1ccc(C(C)NCc2ccsc2)cc1. The summed E-state index contributed by atoms with van der Waals surface area (Å²) < 4.78 is 0. The summed E-state index contributed by atoms with van der Waals surface area (Å²) in [4.78, 5) is 0. The molecule has 18 heavy (non-hydrogen) atoms. The highest BCUT2D eigenvalue weighted by molar-refractivity contribution is 7.07. The van der Waals surface area contributed by atoms with Crippen LogP contribution in [0.5, 0.6) is 0 Å². The molecule has 1 aromatic heterocycles. The van der Waals surface area contributed by atoms with E-state index in [-0.39, 0.29) is 0 Å². The molecular formula is C16H21NS. The van der Waals surface area contributed by atoms with Gasteiger partial charge in [0.25, 0.3) is 0 Å². The summed E-state index contributed by atoms with van der Waals surface area (Å²) in [5, 5.41) is 7.88. The van der Waals surface area contributed by atoms with E-state index in [9.17, 15) is 0 Å². The van der Waals surface area contributed by atoms with Crippen LogP contribution in [-0.4, -0.2) is 0 Å². The van der Waals surface area contributed by atoms with Crippen molar-refractivity contribution in [2.75, 3.05) is 0 Å². The Morgan fingerprint density at radius 2 is 1.67 bits per heavy atom. The fraction of sp³-hybridized carbons (Fsp3) is 0.375. The number of rotatable bonds is 5. The molecule has 96 valence electrons. The minimum absolute atomic E-state index is 0.395. The van der Waals surface area contributed by atoms with Crippen LogP contribution in [0.4, 0.5) is 0 Å². The summed E-state index contributed by atoms with van der Waals surface area (Å²) in [6, 6.07) is 11.5. The van der Waals surface area contributed by atoms with Crippen molar-refractivity contribution in [1.29, 1.82) is 0 Å². The molecule has 1 atom stereocenters. The number of benzene rings is 1. The van der Waals surface area contributed by atoms with Crippen LogP contribution in [0.3, 0.4) is 0 Å². The van der Waals surface area contributed by atoms with Crippen molar-refractivity contribution >= 4 is 11.3 Å². The van der Waals surface area contributed by atoms with Crippen molar-refractivity contribution < 1.29 is 0 Å². The molecule has 1 nitrogen and oxygen atoms in total. The zero-order valence-corrected chi connectivity index (χ0v) is 12.1. The van der Waals surface area contributed by atoms with Gasteiger partial charge in [-0.25, -0.2) is 0 Å². The highest BCUT2D eigenvalue weighted by Gasteiger charge is 2.06.